The highest BCUT2D eigenvalue weighted by atomic mass is 29.7. The quantitative estimate of drug-likeness (QED) is 0.0771. The third-order valence-electron chi connectivity index (χ3n) is 12.1. The summed E-state index contributed by atoms with van der Waals surface area (Å²) in [5, 5.41) is 17.0. The van der Waals surface area contributed by atoms with Crippen molar-refractivity contribution in [2.75, 3.05) is 0 Å². The Balaban J connectivity index is 0.000000264. The molecule has 12 nitrogen and oxygen atoms in total. The average Bonchev–Trinajstić information content (AvgIpc) is 3.91. The molecule has 2 aromatic heterocycles. The lowest BCUT2D eigenvalue weighted by atomic mass is 10.2. The van der Waals surface area contributed by atoms with Gasteiger partial charge in [0.15, 0.2) is 31.3 Å². The van der Waals surface area contributed by atoms with Crippen molar-refractivity contribution in [2.24, 2.45) is 0 Å². The maximum atomic E-state index is 11.0. The summed E-state index contributed by atoms with van der Waals surface area (Å²) in [6.45, 7) is 36.5. The Morgan fingerprint density at radius 1 is 0.633 bits per heavy atom. The Morgan fingerprint density at radius 2 is 1.05 bits per heavy atom. The molecule has 4 N–H and O–H groups in total. The molecule has 1 fully saturated rings. The Hall–Kier alpha value is -2.82. The molecule has 2 aromatic carbocycles. The topological polar surface area (TPSA) is 161 Å². The van der Waals surface area contributed by atoms with Crippen molar-refractivity contribution in [3.8, 4) is 22.5 Å². The second kappa shape index (κ2) is 20.6. The molecular weight excluding hydrogens is 885 g/mol. The molecule has 0 bridgehead atoms. The number of aromatic nitrogens is 6. The molecule has 1 aliphatic rings. The minimum absolute atomic E-state index is 0.759. The Kier molecular flexibility index (Phi) is 17.7. The molecular formula is C40H70N6O6Si8. The fourth-order valence-corrected chi connectivity index (χ4v) is 71.4. The highest BCUT2D eigenvalue weighted by Gasteiger charge is 2.69. The predicted molar refractivity (Wildman–Crippen MR) is 266 cm³/mol. The number of rotatable bonds is 17. The van der Waals surface area contributed by atoms with Crippen LogP contribution in [0.25, 0.3) is 22.5 Å². The van der Waals surface area contributed by atoms with E-state index in [1.54, 1.807) is 32.7 Å². The van der Waals surface area contributed by atoms with Crippen LogP contribution < -0.4 is 0 Å². The van der Waals surface area contributed by atoms with Crippen LogP contribution in [0.4, 0.5) is 0 Å². The van der Waals surface area contributed by atoms with Crippen LogP contribution in [-0.2, 0) is 21.3 Å². The maximum Gasteiger partial charge on any atom is 0.343 e. The maximum absolute atomic E-state index is 11.0. The Labute approximate surface area is 366 Å². The molecule has 60 heavy (non-hydrogen) atoms. The number of aryl methyl sites for hydroxylation is 2. The SMILES string of the molecule is C=C[Si](C=C)(C=C)CCCn1cc(-c2ccccc2)nn1.C=C[Si]1(CCCn2cc(-c3ccccc3)nn2)O[Si](C)(C)[Si](C)([Si](C)(C)O)O1.C[Si](C)(O)[Si](C)(O)[Si](C)(C)O. The zero-order valence-corrected chi connectivity index (χ0v) is 45.6. The normalized spacial score (nSPS) is 19.3. The molecule has 1 aliphatic heterocycles. The standard InChI is InChI=1S/C18H31N3O3Si4.C17H21N3Si.C5H18O3Si3/c1-7-28(23-26(4,5)27(6,24-28)25(2,3)22)15-11-14-21-16-18(19-20-21)17-12-9-8-10-13-17;1-4-21(5-2,6-3)14-10-13-20-15-17(18-19-20)16-11-8-7-9-12-16;1-9(2,6)11(5,8)10(3,4)7/h7-10,12-13,16,22H,1,11,14-15H2,2-6H3;4-9,11-12,15H,1-3,10,13-14H2;6-8H,1-5H3. The summed E-state index contributed by atoms with van der Waals surface area (Å²) in [5.41, 5.74) is 12.0. The van der Waals surface area contributed by atoms with Gasteiger partial charge in [-0.3, -0.25) is 9.36 Å². The van der Waals surface area contributed by atoms with Crippen molar-refractivity contribution in [1.29, 1.82) is 0 Å². The van der Waals surface area contributed by atoms with Gasteiger partial charge in [-0.25, -0.2) is 0 Å². The summed E-state index contributed by atoms with van der Waals surface area (Å²) < 4.78 is 17.2. The third kappa shape index (κ3) is 12.6. The third-order valence-corrected chi connectivity index (χ3v) is 86.0. The van der Waals surface area contributed by atoms with Crippen LogP contribution in [0, 0.1) is 0 Å². The van der Waals surface area contributed by atoms with Crippen molar-refractivity contribution in [3.63, 3.8) is 0 Å². The molecule has 0 radical (unpaired) electrons. The van der Waals surface area contributed by atoms with Gasteiger partial charge in [0, 0.05) is 24.2 Å². The van der Waals surface area contributed by atoms with E-state index >= 15 is 0 Å². The number of hydrogen-bond donors (Lipinski definition) is 4. The Bertz CT molecular complexity index is 1980. The molecule has 0 spiro atoms. The first kappa shape index (κ1) is 51.5. The van der Waals surface area contributed by atoms with Gasteiger partial charge in [0.2, 0.25) is 14.7 Å². The van der Waals surface area contributed by atoms with Gasteiger partial charge in [-0.05, 0) is 90.4 Å². The fourth-order valence-electron chi connectivity index (χ4n) is 6.80. The van der Waals surface area contributed by atoms with Gasteiger partial charge in [-0.2, -0.15) is 0 Å². The van der Waals surface area contributed by atoms with Gasteiger partial charge in [-0.1, -0.05) is 93.9 Å². The van der Waals surface area contributed by atoms with Crippen molar-refractivity contribution in [2.45, 2.75) is 103 Å². The molecule has 20 heteroatoms. The average molecular weight is 956 g/mol. The van der Waals surface area contributed by atoms with Gasteiger partial charge in [0.05, 0.1) is 12.4 Å². The van der Waals surface area contributed by atoms with Crippen molar-refractivity contribution in [3.05, 3.63) is 122 Å². The second-order valence-corrected chi connectivity index (χ2v) is 71.8. The summed E-state index contributed by atoms with van der Waals surface area (Å²) in [6, 6.07) is 22.1. The monoisotopic (exact) mass is 954 g/mol. The molecule has 0 saturated carbocycles. The van der Waals surface area contributed by atoms with E-state index in [4.69, 9.17) is 8.23 Å². The first-order valence-electron chi connectivity index (χ1n) is 20.5. The van der Waals surface area contributed by atoms with Crippen LogP contribution >= 0.6 is 0 Å². The number of nitrogens with zero attached hydrogens (tertiary/aromatic N) is 6. The molecule has 5 rings (SSSR count). The van der Waals surface area contributed by atoms with Gasteiger partial charge < -0.3 is 27.4 Å². The van der Waals surface area contributed by atoms with Crippen LogP contribution in [0.2, 0.25) is 77.6 Å². The van der Waals surface area contributed by atoms with E-state index in [2.05, 4.69) is 66.6 Å². The van der Waals surface area contributed by atoms with E-state index in [0.717, 1.165) is 60.5 Å². The summed E-state index contributed by atoms with van der Waals surface area (Å²) in [5.74, 6) is 0. The van der Waals surface area contributed by atoms with E-state index in [0.29, 0.717) is 0 Å². The zero-order valence-electron chi connectivity index (χ0n) is 37.6. The Morgan fingerprint density at radius 3 is 1.38 bits per heavy atom. The molecule has 2 unspecified atom stereocenters. The van der Waals surface area contributed by atoms with E-state index in [1.165, 1.54) is 0 Å². The highest BCUT2D eigenvalue weighted by molar-refractivity contribution is 7.66. The van der Waals surface area contributed by atoms with Crippen molar-refractivity contribution >= 4 is 62.7 Å². The molecule has 0 aliphatic carbocycles. The lowest BCUT2D eigenvalue weighted by Gasteiger charge is -2.39. The minimum Gasteiger partial charge on any atom is -0.433 e. The van der Waals surface area contributed by atoms with Gasteiger partial charge in [-0.15, -0.1) is 36.5 Å². The van der Waals surface area contributed by atoms with Crippen LogP contribution in [0.3, 0.4) is 0 Å². The van der Waals surface area contributed by atoms with Crippen molar-refractivity contribution in [1.82, 2.24) is 30.0 Å². The van der Waals surface area contributed by atoms with Gasteiger partial charge in [0.1, 0.15) is 19.5 Å². The minimum atomic E-state index is -2.72. The van der Waals surface area contributed by atoms with Gasteiger partial charge >= 0.3 is 8.56 Å². The van der Waals surface area contributed by atoms with Crippen LogP contribution in [0.5, 0.6) is 0 Å². The van der Waals surface area contributed by atoms with Crippen LogP contribution in [0.15, 0.2) is 122 Å². The van der Waals surface area contributed by atoms with Crippen LogP contribution in [0.1, 0.15) is 12.8 Å². The second-order valence-electron chi connectivity index (χ2n) is 17.9. The van der Waals surface area contributed by atoms with E-state index in [1.807, 2.05) is 118 Å². The largest absolute Gasteiger partial charge is 0.433 e. The summed E-state index contributed by atoms with van der Waals surface area (Å²) in [7, 11) is -18.7. The number of benzene rings is 2. The fraction of sp³-hybridized carbons (Fsp3) is 0.400. The smallest absolute Gasteiger partial charge is 0.343 e. The first-order chi connectivity index (χ1) is 27.7. The lowest BCUT2D eigenvalue weighted by Crippen LogP contribution is -2.72. The van der Waals surface area contributed by atoms with Crippen LogP contribution in [-0.4, -0.2) is 112 Å². The lowest BCUT2D eigenvalue weighted by molar-refractivity contribution is 0.433. The molecule has 1 saturated heterocycles. The summed E-state index contributed by atoms with van der Waals surface area (Å²) >= 11 is 0. The van der Waals surface area contributed by atoms with Gasteiger partial charge in [0.25, 0.3) is 0 Å². The molecule has 3 heterocycles. The highest BCUT2D eigenvalue weighted by Crippen LogP contribution is 2.42. The molecule has 0 amide bonds. The first-order valence-corrected chi connectivity index (χ1v) is 45.6. The van der Waals surface area contributed by atoms with E-state index in [-0.39, 0.29) is 0 Å². The zero-order chi connectivity index (χ0) is 45.3. The molecule has 2 atom stereocenters. The van der Waals surface area contributed by atoms with Crippen molar-refractivity contribution < 1.29 is 27.4 Å². The number of hydrogen-bond acceptors (Lipinski definition) is 10. The molecule has 328 valence electrons. The van der Waals surface area contributed by atoms with E-state index in [9.17, 15) is 19.2 Å². The predicted octanol–water partition coefficient (Wildman–Crippen LogP) is 7.75. The summed E-state index contributed by atoms with van der Waals surface area (Å²) in [4.78, 5) is 40.3. The van der Waals surface area contributed by atoms with E-state index < -0.39 is 62.7 Å². The summed E-state index contributed by atoms with van der Waals surface area (Å²) in [6.07, 6.45) is 5.88. The molecule has 4 aromatic rings.